The lowest BCUT2D eigenvalue weighted by Crippen LogP contribution is -2.76. The molecule has 50 heavy (non-hydrogen) atoms. The van der Waals surface area contributed by atoms with Crippen LogP contribution in [0.25, 0.3) is 0 Å². The smallest absolute Gasteiger partial charge is 0.186 e. The molecule has 4 saturated carbocycles. The summed E-state index contributed by atoms with van der Waals surface area (Å²) >= 11 is 0. The van der Waals surface area contributed by atoms with Crippen molar-refractivity contribution < 1.29 is 59.8 Å². The van der Waals surface area contributed by atoms with Crippen molar-refractivity contribution in [3.8, 4) is 0 Å². The van der Waals surface area contributed by atoms with E-state index in [4.69, 9.17) is 9.47 Å². The van der Waals surface area contributed by atoms with Gasteiger partial charge in [0.2, 0.25) is 0 Å². The summed E-state index contributed by atoms with van der Waals surface area (Å²) in [6.45, 7) is 3.02. The molecular formula is C35H50FN3O11. The molecule has 7 rings (SSSR count). The van der Waals surface area contributed by atoms with Gasteiger partial charge in [-0.05, 0) is 68.6 Å². The van der Waals surface area contributed by atoms with Crippen molar-refractivity contribution >= 4 is 0 Å². The maximum Gasteiger partial charge on any atom is 0.186 e. The Hall–Kier alpha value is -2.15. The minimum atomic E-state index is -1.74. The zero-order chi connectivity index (χ0) is 36.0. The van der Waals surface area contributed by atoms with E-state index in [2.05, 4.69) is 10.3 Å². The maximum atomic E-state index is 13.4. The third-order valence-electron chi connectivity index (χ3n) is 13.6. The molecule has 4 aliphatic carbocycles. The lowest BCUT2D eigenvalue weighted by atomic mass is 9.40. The average molecular weight is 708 g/mol. The van der Waals surface area contributed by atoms with Gasteiger partial charge < -0.3 is 55.4 Å². The Morgan fingerprint density at radius 3 is 2.44 bits per heavy atom. The predicted octanol–water partition coefficient (Wildman–Crippen LogP) is -0.486. The van der Waals surface area contributed by atoms with E-state index in [0.717, 1.165) is 5.56 Å². The van der Waals surface area contributed by atoms with Crippen LogP contribution in [-0.2, 0) is 16.0 Å². The molecule has 1 aromatic carbocycles. The number of aliphatic hydroxyl groups excluding tert-OH is 7. The Kier molecular flexibility index (Phi) is 9.24. The maximum absolute atomic E-state index is 13.4. The largest absolute Gasteiger partial charge is 0.396 e. The van der Waals surface area contributed by atoms with Gasteiger partial charge in [-0.15, -0.1) is 5.10 Å². The van der Waals surface area contributed by atoms with Crippen LogP contribution in [0.4, 0.5) is 4.39 Å². The molecule has 15 heteroatoms. The van der Waals surface area contributed by atoms with Crippen LogP contribution < -0.4 is 0 Å². The quantitative estimate of drug-likeness (QED) is 0.166. The highest BCUT2D eigenvalue weighted by molar-refractivity contribution is 5.25. The number of aromatic nitrogens is 3. The molecule has 5 aliphatic rings. The molecular weight excluding hydrogens is 657 g/mol. The van der Waals surface area contributed by atoms with Gasteiger partial charge in [0.15, 0.2) is 6.29 Å². The highest BCUT2D eigenvalue weighted by Gasteiger charge is 2.75. The van der Waals surface area contributed by atoms with Crippen molar-refractivity contribution in [2.75, 3.05) is 6.61 Å². The molecule has 16 atom stereocenters. The Labute approximate surface area is 289 Å². The van der Waals surface area contributed by atoms with Crippen LogP contribution in [0.3, 0.4) is 0 Å². The van der Waals surface area contributed by atoms with Crippen LogP contribution in [0, 0.1) is 34.4 Å². The number of hydrogen-bond donors (Lipinski definition) is 9. The molecule has 0 radical (unpaired) electrons. The first-order chi connectivity index (χ1) is 23.6. The fourth-order valence-corrected chi connectivity index (χ4v) is 11.0. The molecule has 1 aliphatic heterocycles. The van der Waals surface area contributed by atoms with E-state index < -0.39 is 102 Å². The second kappa shape index (κ2) is 12.8. The summed E-state index contributed by atoms with van der Waals surface area (Å²) in [5, 5.41) is 111. The van der Waals surface area contributed by atoms with Gasteiger partial charge in [-0.3, -0.25) is 0 Å². The molecule has 5 fully saturated rings. The van der Waals surface area contributed by atoms with Gasteiger partial charge in [-0.25, -0.2) is 9.07 Å². The van der Waals surface area contributed by atoms with Crippen LogP contribution in [0.15, 0.2) is 30.5 Å². The van der Waals surface area contributed by atoms with Crippen LogP contribution in [0.5, 0.6) is 0 Å². The Balaban J connectivity index is 1.11. The summed E-state index contributed by atoms with van der Waals surface area (Å²) in [5.74, 6) is -2.41. The highest BCUT2D eigenvalue weighted by Crippen LogP contribution is 2.71. The van der Waals surface area contributed by atoms with Crippen molar-refractivity contribution in [1.82, 2.24) is 15.0 Å². The van der Waals surface area contributed by atoms with Gasteiger partial charge in [0, 0.05) is 24.2 Å². The third kappa shape index (κ3) is 5.31. The molecule has 1 aromatic heterocycles. The van der Waals surface area contributed by atoms with E-state index in [0.29, 0.717) is 18.7 Å². The van der Waals surface area contributed by atoms with E-state index in [9.17, 15) is 50.3 Å². The normalized spacial score (nSPS) is 48.0. The molecule has 0 bridgehead atoms. The molecule has 9 N–H and O–H groups in total. The first-order valence-corrected chi connectivity index (χ1v) is 17.7. The topological polar surface area (TPSA) is 231 Å². The van der Waals surface area contributed by atoms with E-state index in [1.807, 2.05) is 6.92 Å². The first kappa shape index (κ1) is 36.2. The van der Waals surface area contributed by atoms with Crippen molar-refractivity contribution in [2.45, 2.75) is 132 Å². The summed E-state index contributed by atoms with van der Waals surface area (Å²) in [6, 6.07) is 5.98. The second-order valence-corrected chi connectivity index (χ2v) is 16.0. The number of aliphatic hydroxyl groups is 9. The predicted molar refractivity (Wildman–Crippen MR) is 170 cm³/mol. The summed E-state index contributed by atoms with van der Waals surface area (Å²) in [4.78, 5) is 0. The average Bonchev–Trinajstić information content (AvgIpc) is 3.64. The lowest BCUT2D eigenvalue weighted by Gasteiger charge is -2.68. The number of hydrogen-bond acceptors (Lipinski definition) is 13. The van der Waals surface area contributed by atoms with Crippen molar-refractivity contribution in [1.29, 1.82) is 0 Å². The van der Waals surface area contributed by atoms with E-state index in [1.165, 1.54) is 19.1 Å². The fraction of sp³-hybridized carbons (Fsp3) is 0.771. The van der Waals surface area contributed by atoms with Gasteiger partial charge in [0.1, 0.15) is 35.9 Å². The molecule has 2 heterocycles. The van der Waals surface area contributed by atoms with Gasteiger partial charge in [0.25, 0.3) is 0 Å². The Morgan fingerprint density at radius 2 is 1.74 bits per heavy atom. The summed E-state index contributed by atoms with van der Waals surface area (Å²) in [5.41, 5.74) is -4.67. The third-order valence-corrected chi connectivity index (χ3v) is 13.6. The fourth-order valence-electron chi connectivity index (χ4n) is 11.0. The molecule has 2 aromatic rings. The lowest BCUT2D eigenvalue weighted by molar-refractivity contribution is -0.343. The van der Waals surface area contributed by atoms with Crippen LogP contribution in [0.1, 0.15) is 76.2 Å². The van der Waals surface area contributed by atoms with E-state index in [-0.39, 0.29) is 44.3 Å². The minimum Gasteiger partial charge on any atom is -0.396 e. The monoisotopic (exact) mass is 707 g/mol. The van der Waals surface area contributed by atoms with Crippen LogP contribution in [-0.4, -0.2) is 128 Å². The summed E-state index contributed by atoms with van der Waals surface area (Å²) in [6.07, 6.45) is -8.67. The van der Waals surface area contributed by atoms with Crippen LogP contribution in [0.2, 0.25) is 0 Å². The number of fused-ring (bicyclic) bond motifs is 5. The minimum absolute atomic E-state index is 0.0286. The van der Waals surface area contributed by atoms with Crippen LogP contribution >= 0.6 is 0 Å². The Morgan fingerprint density at radius 1 is 1.02 bits per heavy atom. The van der Waals surface area contributed by atoms with Crippen molar-refractivity contribution in [3.05, 3.63) is 47.5 Å². The van der Waals surface area contributed by atoms with Gasteiger partial charge in [0.05, 0.1) is 60.4 Å². The molecule has 278 valence electrons. The van der Waals surface area contributed by atoms with E-state index >= 15 is 0 Å². The molecule has 0 amide bonds. The zero-order valence-electron chi connectivity index (χ0n) is 28.2. The second-order valence-electron chi connectivity index (χ2n) is 16.0. The molecule has 1 unspecified atom stereocenters. The van der Waals surface area contributed by atoms with E-state index in [1.54, 1.807) is 23.0 Å². The number of ether oxygens (including phenoxy) is 2. The van der Waals surface area contributed by atoms with Gasteiger partial charge >= 0.3 is 0 Å². The number of nitrogens with zero attached hydrogens (tertiary/aromatic N) is 3. The summed E-state index contributed by atoms with van der Waals surface area (Å²) < 4.78 is 26.5. The SMILES string of the molecule is C[C@@H]1O[C@@H](O[C@H]2C[C@@H](O)[C@]3(CO)[C@H]4[C@H](O)C[C@]5(C)[C@@H](C(O)c6cn(Cc7ccc(F)cc7)nn6)CC[C@]5(O)[C@@H]4CC[C@]3(O)C2)[C@H](O)[C@H](O)[C@H]1O. The Bertz CT molecular complexity index is 1540. The first-order valence-electron chi connectivity index (χ1n) is 17.7. The molecule has 1 saturated heterocycles. The van der Waals surface area contributed by atoms with Crippen molar-refractivity contribution in [2.24, 2.45) is 28.6 Å². The molecule has 14 nitrogen and oxygen atoms in total. The van der Waals surface area contributed by atoms with Crippen molar-refractivity contribution in [3.63, 3.8) is 0 Å². The number of halogens is 1. The number of rotatable bonds is 7. The summed E-state index contributed by atoms with van der Waals surface area (Å²) in [7, 11) is 0. The number of benzene rings is 1. The van der Waals surface area contributed by atoms with Gasteiger partial charge in [-0.1, -0.05) is 24.3 Å². The standard InChI is InChI=1S/C35H50FN3O11/c1-17-27(43)29(45)30(46)31(49-17)50-20-11-25(42)34(16-40)26-21(7-9-33(34,47)12-20)35(48)10-8-22(32(35,2)13-24(26)41)28(44)23-15-39(38-37-23)14-18-3-5-19(36)6-4-18/h3-6,15,17,20-22,24-31,40-48H,7-14,16H2,1-2H3/t17-,20-,21+,22+,24+,25+,26+,27-,28?,29+,30+,31-,32+,33-,34+,35-/m0/s1. The molecule has 0 spiro atoms. The zero-order valence-corrected chi connectivity index (χ0v) is 28.2. The van der Waals surface area contributed by atoms with Gasteiger partial charge in [-0.2, -0.15) is 0 Å². The highest BCUT2D eigenvalue weighted by atomic mass is 19.1.